The van der Waals surface area contributed by atoms with Crippen molar-refractivity contribution in [3.8, 4) is 0 Å². The molecule has 0 heterocycles. The molecule has 1 unspecified atom stereocenters. The molecular weight excluding hydrogens is 226 g/mol. The molecule has 4 nitrogen and oxygen atoms in total. The van der Waals surface area contributed by atoms with Crippen molar-refractivity contribution >= 4 is 0 Å². The summed E-state index contributed by atoms with van der Waals surface area (Å²) < 4.78 is 5.31. The molecule has 0 saturated carbocycles. The van der Waals surface area contributed by atoms with Gasteiger partial charge in [-0.05, 0) is 40.0 Å². The molecule has 4 heteroatoms. The zero-order chi connectivity index (χ0) is 13.8. The summed E-state index contributed by atoms with van der Waals surface area (Å²) in [6.07, 6.45) is 2.38. The van der Waals surface area contributed by atoms with Crippen LogP contribution in [0.4, 0.5) is 0 Å². The van der Waals surface area contributed by atoms with Gasteiger partial charge in [-0.15, -0.1) is 0 Å². The number of hydrogen-bond acceptors (Lipinski definition) is 4. The Balaban J connectivity index is 4.12. The Hall–Kier alpha value is -0.160. The lowest BCUT2D eigenvalue weighted by Crippen LogP contribution is -2.46. The fraction of sp³-hybridized carbons (Fsp3) is 1.00. The van der Waals surface area contributed by atoms with Crippen molar-refractivity contribution in [2.45, 2.75) is 32.7 Å². The van der Waals surface area contributed by atoms with Crippen LogP contribution in [-0.2, 0) is 4.74 Å². The van der Waals surface area contributed by atoms with Crippen LogP contribution >= 0.6 is 0 Å². The molecule has 0 aromatic carbocycles. The largest absolute Gasteiger partial charge is 0.383 e. The third-order valence-electron chi connectivity index (χ3n) is 2.93. The number of nitrogens with one attached hydrogen (secondary N) is 1. The van der Waals surface area contributed by atoms with E-state index in [4.69, 9.17) is 4.74 Å². The molecule has 0 aliphatic heterocycles. The van der Waals surface area contributed by atoms with Gasteiger partial charge in [0.25, 0.3) is 0 Å². The van der Waals surface area contributed by atoms with Crippen LogP contribution in [-0.4, -0.2) is 76.4 Å². The van der Waals surface area contributed by atoms with Crippen molar-refractivity contribution in [1.82, 2.24) is 15.1 Å². The van der Waals surface area contributed by atoms with Gasteiger partial charge in [0, 0.05) is 32.8 Å². The Kier molecular flexibility index (Phi) is 11.8. The van der Waals surface area contributed by atoms with Gasteiger partial charge in [-0.25, -0.2) is 0 Å². The van der Waals surface area contributed by atoms with E-state index in [1.807, 2.05) is 0 Å². The monoisotopic (exact) mass is 259 g/mol. The average molecular weight is 259 g/mol. The van der Waals surface area contributed by atoms with Crippen LogP contribution in [0.3, 0.4) is 0 Å². The summed E-state index contributed by atoms with van der Waals surface area (Å²) in [5.74, 6) is 0. The number of nitrogens with zero attached hydrogens (tertiary/aromatic N) is 2. The minimum absolute atomic E-state index is 0.448. The first-order chi connectivity index (χ1) is 8.63. The van der Waals surface area contributed by atoms with Gasteiger partial charge in [-0.3, -0.25) is 0 Å². The van der Waals surface area contributed by atoms with Gasteiger partial charge in [0.15, 0.2) is 0 Å². The second-order valence-corrected chi connectivity index (χ2v) is 5.21. The van der Waals surface area contributed by atoms with E-state index in [1.54, 1.807) is 7.11 Å². The summed E-state index contributed by atoms with van der Waals surface area (Å²) in [7, 11) is 6.04. The van der Waals surface area contributed by atoms with Crippen molar-refractivity contribution in [3.05, 3.63) is 0 Å². The third kappa shape index (κ3) is 9.83. The SMILES string of the molecule is CCCNC(COC)CN(CCC)CCN(C)C. The summed E-state index contributed by atoms with van der Waals surface area (Å²) in [4.78, 5) is 4.78. The quantitative estimate of drug-likeness (QED) is 0.571. The van der Waals surface area contributed by atoms with Gasteiger partial charge in [-0.2, -0.15) is 0 Å². The molecule has 0 spiro atoms. The molecule has 0 bridgehead atoms. The molecule has 1 N–H and O–H groups in total. The molecule has 18 heavy (non-hydrogen) atoms. The number of ether oxygens (including phenoxy) is 1. The number of hydrogen-bond donors (Lipinski definition) is 1. The molecule has 1 atom stereocenters. The minimum atomic E-state index is 0.448. The van der Waals surface area contributed by atoms with E-state index in [0.717, 1.165) is 32.8 Å². The lowest BCUT2D eigenvalue weighted by atomic mass is 10.2. The predicted octanol–water partition coefficient (Wildman–Crippen LogP) is 1.27. The topological polar surface area (TPSA) is 27.7 Å². The molecule has 0 aliphatic carbocycles. The highest BCUT2D eigenvalue weighted by atomic mass is 16.5. The van der Waals surface area contributed by atoms with E-state index >= 15 is 0 Å². The lowest BCUT2D eigenvalue weighted by Gasteiger charge is -2.28. The minimum Gasteiger partial charge on any atom is -0.383 e. The van der Waals surface area contributed by atoms with Crippen LogP contribution in [0.15, 0.2) is 0 Å². The third-order valence-corrected chi connectivity index (χ3v) is 2.93. The molecule has 0 saturated heterocycles. The Bertz CT molecular complexity index is 176. The average Bonchev–Trinajstić information content (AvgIpc) is 2.33. The molecular formula is C14H33N3O. The first-order valence-electron chi connectivity index (χ1n) is 7.23. The van der Waals surface area contributed by atoms with E-state index in [9.17, 15) is 0 Å². The fourth-order valence-corrected chi connectivity index (χ4v) is 1.99. The standard InChI is InChI=1S/C14H33N3O/c1-6-8-15-14(13-18-5)12-17(9-7-2)11-10-16(3)4/h14-15H,6-13H2,1-5H3. The smallest absolute Gasteiger partial charge is 0.0628 e. The zero-order valence-electron chi connectivity index (χ0n) is 13.0. The van der Waals surface area contributed by atoms with Crippen LogP contribution in [0, 0.1) is 0 Å². The van der Waals surface area contributed by atoms with Crippen molar-refractivity contribution < 1.29 is 4.74 Å². The fourth-order valence-electron chi connectivity index (χ4n) is 1.99. The Morgan fingerprint density at radius 1 is 1.06 bits per heavy atom. The second-order valence-electron chi connectivity index (χ2n) is 5.21. The highest BCUT2D eigenvalue weighted by Gasteiger charge is 2.13. The Morgan fingerprint density at radius 3 is 2.28 bits per heavy atom. The summed E-state index contributed by atoms with van der Waals surface area (Å²) >= 11 is 0. The van der Waals surface area contributed by atoms with Crippen molar-refractivity contribution in [1.29, 1.82) is 0 Å². The normalized spacial score (nSPS) is 13.5. The Labute approximate surface area is 114 Å². The van der Waals surface area contributed by atoms with Crippen molar-refractivity contribution in [2.24, 2.45) is 0 Å². The van der Waals surface area contributed by atoms with E-state index in [1.165, 1.54) is 19.4 Å². The number of rotatable bonds is 12. The summed E-state index contributed by atoms with van der Waals surface area (Å²) in [6, 6.07) is 0.448. The zero-order valence-corrected chi connectivity index (χ0v) is 13.0. The molecule has 0 aromatic rings. The highest BCUT2D eigenvalue weighted by molar-refractivity contribution is 4.72. The van der Waals surface area contributed by atoms with E-state index in [2.05, 4.69) is 43.1 Å². The van der Waals surface area contributed by atoms with Gasteiger partial charge >= 0.3 is 0 Å². The molecule has 0 aliphatic rings. The van der Waals surface area contributed by atoms with Gasteiger partial charge in [-0.1, -0.05) is 13.8 Å². The maximum Gasteiger partial charge on any atom is 0.0628 e. The van der Waals surface area contributed by atoms with Gasteiger partial charge in [0.2, 0.25) is 0 Å². The van der Waals surface area contributed by atoms with Crippen molar-refractivity contribution in [3.63, 3.8) is 0 Å². The molecule has 0 aromatic heterocycles. The van der Waals surface area contributed by atoms with Crippen LogP contribution in [0.1, 0.15) is 26.7 Å². The first kappa shape index (κ1) is 17.8. The highest BCUT2D eigenvalue weighted by Crippen LogP contribution is 1.97. The lowest BCUT2D eigenvalue weighted by molar-refractivity contribution is 0.134. The summed E-state index contributed by atoms with van der Waals surface area (Å²) in [5, 5.41) is 3.57. The van der Waals surface area contributed by atoms with E-state index in [-0.39, 0.29) is 0 Å². The van der Waals surface area contributed by atoms with Gasteiger partial charge in [0.1, 0.15) is 0 Å². The number of methoxy groups -OCH3 is 1. The summed E-state index contributed by atoms with van der Waals surface area (Å²) in [5.41, 5.74) is 0. The molecule has 0 amide bonds. The van der Waals surface area contributed by atoms with E-state index < -0.39 is 0 Å². The van der Waals surface area contributed by atoms with Crippen LogP contribution < -0.4 is 5.32 Å². The van der Waals surface area contributed by atoms with Gasteiger partial charge < -0.3 is 19.9 Å². The van der Waals surface area contributed by atoms with Crippen LogP contribution in [0.2, 0.25) is 0 Å². The molecule has 0 rings (SSSR count). The van der Waals surface area contributed by atoms with E-state index in [0.29, 0.717) is 6.04 Å². The molecule has 0 radical (unpaired) electrons. The van der Waals surface area contributed by atoms with Crippen LogP contribution in [0.5, 0.6) is 0 Å². The maximum atomic E-state index is 5.31. The van der Waals surface area contributed by atoms with Crippen molar-refractivity contribution in [2.75, 3.05) is 60.5 Å². The summed E-state index contributed by atoms with van der Waals surface area (Å²) in [6.45, 7) is 10.8. The Morgan fingerprint density at radius 2 is 1.78 bits per heavy atom. The van der Waals surface area contributed by atoms with Gasteiger partial charge in [0.05, 0.1) is 6.61 Å². The predicted molar refractivity (Wildman–Crippen MR) is 79.2 cm³/mol. The number of likely N-dealkylation sites (N-methyl/N-ethyl adjacent to an activating group) is 1. The second kappa shape index (κ2) is 11.9. The van der Waals surface area contributed by atoms with Crippen LogP contribution in [0.25, 0.3) is 0 Å². The molecule has 110 valence electrons. The first-order valence-corrected chi connectivity index (χ1v) is 7.23. The maximum absolute atomic E-state index is 5.31. The molecule has 0 fully saturated rings.